The largest absolute Gasteiger partial charge is 0.443 e. The summed E-state index contributed by atoms with van der Waals surface area (Å²) in [5, 5.41) is -1.42. The van der Waals surface area contributed by atoms with Crippen molar-refractivity contribution >= 4 is 50.7 Å². The monoisotopic (exact) mass is 399 g/mol. The van der Waals surface area contributed by atoms with Crippen molar-refractivity contribution in [2.24, 2.45) is 0 Å². The maximum absolute atomic E-state index is 12.5. The number of methoxy groups -OCH3 is 1. The minimum atomic E-state index is -2.04. The standard InChI is InChI=1S/C18H19Cl2NO5/c1-17(2,3)26-16(24)21-10-11(12-7-5-6-8-13(12)21)9-18(25-4,14(19)22)15(20)23/h5-8,10H,9H2,1-4H3. The normalized spacial score (nSPS) is 12.2. The van der Waals surface area contributed by atoms with Crippen molar-refractivity contribution in [2.75, 3.05) is 7.11 Å². The van der Waals surface area contributed by atoms with E-state index in [0.717, 1.165) is 0 Å². The van der Waals surface area contributed by atoms with E-state index in [0.29, 0.717) is 16.5 Å². The van der Waals surface area contributed by atoms with Gasteiger partial charge in [0.25, 0.3) is 10.5 Å². The second kappa shape index (κ2) is 7.39. The van der Waals surface area contributed by atoms with Crippen molar-refractivity contribution < 1.29 is 23.9 Å². The summed E-state index contributed by atoms with van der Waals surface area (Å²) in [5.41, 5.74) is -1.66. The number of fused-ring (bicyclic) bond motifs is 1. The van der Waals surface area contributed by atoms with Gasteiger partial charge >= 0.3 is 6.09 Å². The number of carbonyl (C=O) groups is 3. The minimum Gasteiger partial charge on any atom is -0.443 e. The number of halogens is 2. The lowest BCUT2D eigenvalue weighted by molar-refractivity contribution is -0.144. The number of para-hydroxylation sites is 1. The van der Waals surface area contributed by atoms with Gasteiger partial charge in [0.1, 0.15) is 5.60 Å². The summed E-state index contributed by atoms with van der Waals surface area (Å²) in [7, 11) is 1.17. The van der Waals surface area contributed by atoms with E-state index in [1.807, 2.05) is 0 Å². The van der Waals surface area contributed by atoms with Gasteiger partial charge in [-0.05, 0) is 55.6 Å². The average molecular weight is 400 g/mol. The third kappa shape index (κ3) is 3.92. The number of benzene rings is 1. The van der Waals surface area contributed by atoms with Gasteiger partial charge in [0.05, 0.1) is 5.52 Å². The molecule has 0 aliphatic carbocycles. The van der Waals surface area contributed by atoms with Crippen molar-refractivity contribution in [2.45, 2.75) is 38.4 Å². The molecular weight excluding hydrogens is 381 g/mol. The Morgan fingerprint density at radius 3 is 2.15 bits per heavy atom. The molecule has 0 fully saturated rings. The Bertz CT molecular complexity index is 852. The van der Waals surface area contributed by atoms with Crippen LogP contribution < -0.4 is 0 Å². The number of aromatic nitrogens is 1. The quantitative estimate of drug-likeness (QED) is 0.563. The van der Waals surface area contributed by atoms with Crippen LogP contribution >= 0.6 is 23.2 Å². The van der Waals surface area contributed by atoms with Gasteiger partial charge in [-0.15, -0.1) is 0 Å². The second-order valence-electron chi connectivity index (χ2n) is 6.78. The number of ether oxygens (including phenoxy) is 2. The number of hydrogen-bond donors (Lipinski definition) is 0. The van der Waals surface area contributed by atoms with Crippen LogP contribution in [0, 0.1) is 0 Å². The molecule has 0 atom stereocenters. The summed E-state index contributed by atoms with van der Waals surface area (Å²) >= 11 is 11.2. The van der Waals surface area contributed by atoms with Crippen LogP contribution in [0.1, 0.15) is 26.3 Å². The lowest BCUT2D eigenvalue weighted by atomic mass is 9.96. The highest BCUT2D eigenvalue weighted by molar-refractivity contribution is 6.76. The lowest BCUT2D eigenvalue weighted by Crippen LogP contribution is -2.46. The molecule has 1 aromatic heterocycles. The summed E-state index contributed by atoms with van der Waals surface area (Å²) in [6.07, 6.45) is 0.689. The molecule has 1 heterocycles. The van der Waals surface area contributed by atoms with Crippen LogP contribution in [0.5, 0.6) is 0 Å². The second-order valence-corrected chi connectivity index (χ2v) is 7.46. The molecule has 0 spiro atoms. The lowest BCUT2D eigenvalue weighted by Gasteiger charge is -2.23. The molecule has 2 aromatic rings. The van der Waals surface area contributed by atoms with Gasteiger partial charge in [0, 0.05) is 25.1 Å². The van der Waals surface area contributed by atoms with Gasteiger partial charge in [-0.1, -0.05) is 18.2 Å². The zero-order chi connectivity index (χ0) is 19.7. The first-order valence-corrected chi connectivity index (χ1v) is 8.55. The zero-order valence-corrected chi connectivity index (χ0v) is 16.4. The zero-order valence-electron chi connectivity index (χ0n) is 14.8. The Kier molecular flexibility index (Phi) is 5.80. The topological polar surface area (TPSA) is 74.6 Å². The highest BCUT2D eigenvalue weighted by atomic mass is 35.5. The first-order chi connectivity index (χ1) is 12.0. The van der Waals surface area contributed by atoms with E-state index < -0.39 is 27.8 Å². The number of nitrogens with zero attached hydrogens (tertiary/aromatic N) is 1. The summed E-state index contributed by atoms with van der Waals surface area (Å²) < 4.78 is 11.8. The maximum atomic E-state index is 12.5. The molecule has 0 amide bonds. The van der Waals surface area contributed by atoms with Crippen molar-refractivity contribution in [3.63, 3.8) is 0 Å². The van der Waals surface area contributed by atoms with Gasteiger partial charge in [-0.2, -0.15) is 0 Å². The van der Waals surface area contributed by atoms with E-state index in [1.54, 1.807) is 45.0 Å². The Hall–Kier alpha value is -1.89. The summed E-state index contributed by atoms with van der Waals surface area (Å²) in [4.78, 5) is 36.2. The van der Waals surface area contributed by atoms with Crippen LogP contribution in [0.3, 0.4) is 0 Å². The van der Waals surface area contributed by atoms with E-state index in [-0.39, 0.29) is 6.42 Å². The van der Waals surface area contributed by atoms with Crippen molar-refractivity contribution in [3.05, 3.63) is 36.0 Å². The van der Waals surface area contributed by atoms with Crippen LogP contribution in [-0.4, -0.2) is 39.5 Å². The van der Waals surface area contributed by atoms with Gasteiger partial charge in [-0.3, -0.25) is 14.2 Å². The highest BCUT2D eigenvalue weighted by Gasteiger charge is 2.45. The fraction of sp³-hybridized carbons (Fsp3) is 0.389. The van der Waals surface area contributed by atoms with E-state index in [1.165, 1.54) is 17.9 Å². The van der Waals surface area contributed by atoms with Crippen molar-refractivity contribution in [1.29, 1.82) is 0 Å². The molecule has 0 aliphatic heterocycles. The van der Waals surface area contributed by atoms with Crippen LogP contribution in [0.25, 0.3) is 10.9 Å². The molecule has 6 nitrogen and oxygen atoms in total. The van der Waals surface area contributed by atoms with Crippen LogP contribution in [-0.2, 0) is 25.5 Å². The van der Waals surface area contributed by atoms with E-state index in [4.69, 9.17) is 32.7 Å². The minimum absolute atomic E-state index is 0.218. The predicted octanol–water partition coefficient (Wildman–Crippen LogP) is 3.88. The summed E-state index contributed by atoms with van der Waals surface area (Å²) in [5.74, 6) is 0. The van der Waals surface area contributed by atoms with Gasteiger partial charge < -0.3 is 9.47 Å². The van der Waals surface area contributed by atoms with Crippen LogP contribution in [0.15, 0.2) is 30.5 Å². The fourth-order valence-corrected chi connectivity index (χ4v) is 3.08. The van der Waals surface area contributed by atoms with E-state index >= 15 is 0 Å². The highest BCUT2D eigenvalue weighted by Crippen LogP contribution is 2.30. The maximum Gasteiger partial charge on any atom is 0.419 e. The number of hydrogen-bond acceptors (Lipinski definition) is 5. The molecule has 0 N–H and O–H groups in total. The average Bonchev–Trinajstić information content (AvgIpc) is 2.89. The fourth-order valence-electron chi connectivity index (χ4n) is 2.57. The number of rotatable bonds is 5. The third-order valence-electron chi connectivity index (χ3n) is 3.81. The van der Waals surface area contributed by atoms with Crippen molar-refractivity contribution in [1.82, 2.24) is 4.57 Å². The Labute approximate surface area is 160 Å². The Morgan fingerprint density at radius 2 is 1.65 bits per heavy atom. The van der Waals surface area contributed by atoms with E-state index in [2.05, 4.69) is 0 Å². The molecule has 1 aromatic carbocycles. The summed E-state index contributed by atoms with van der Waals surface area (Å²) in [6.45, 7) is 5.27. The molecule has 0 unspecified atom stereocenters. The van der Waals surface area contributed by atoms with Crippen LogP contribution in [0.4, 0.5) is 4.79 Å². The molecular formula is C18H19Cl2NO5. The molecule has 0 aliphatic rings. The first kappa shape index (κ1) is 20.4. The third-order valence-corrected chi connectivity index (χ3v) is 4.42. The predicted molar refractivity (Wildman–Crippen MR) is 98.7 cm³/mol. The first-order valence-electron chi connectivity index (χ1n) is 7.79. The Balaban J connectivity index is 2.57. The van der Waals surface area contributed by atoms with Crippen LogP contribution in [0.2, 0.25) is 0 Å². The molecule has 8 heteroatoms. The molecule has 26 heavy (non-hydrogen) atoms. The van der Waals surface area contributed by atoms with Gasteiger partial charge in [0.2, 0.25) is 5.60 Å². The van der Waals surface area contributed by atoms with Crippen molar-refractivity contribution in [3.8, 4) is 0 Å². The molecule has 0 bridgehead atoms. The van der Waals surface area contributed by atoms with Gasteiger partial charge in [-0.25, -0.2) is 4.79 Å². The Morgan fingerprint density at radius 1 is 1.08 bits per heavy atom. The summed E-state index contributed by atoms with van der Waals surface area (Å²) in [6, 6.07) is 7.01. The molecule has 2 rings (SSSR count). The van der Waals surface area contributed by atoms with Gasteiger partial charge in [0.15, 0.2) is 0 Å². The smallest absolute Gasteiger partial charge is 0.419 e. The molecule has 140 valence electrons. The molecule has 0 radical (unpaired) electrons. The number of carbonyl (C=O) groups excluding carboxylic acids is 3. The molecule has 0 saturated carbocycles. The SMILES string of the molecule is COC(Cc1cn(C(=O)OC(C)(C)C)c2ccccc12)(C(=O)Cl)C(=O)Cl. The van der Waals surface area contributed by atoms with E-state index in [9.17, 15) is 14.4 Å². The molecule has 0 saturated heterocycles.